The molecule has 0 amide bonds. The summed E-state index contributed by atoms with van der Waals surface area (Å²) in [6.07, 6.45) is 9.63. The van der Waals surface area contributed by atoms with Gasteiger partial charge in [-0.2, -0.15) is 9.65 Å². The smallest absolute Gasteiger partial charge is 0.201 e. The molecular weight excluding hydrogens is 1460 g/mol. The van der Waals surface area contributed by atoms with Crippen molar-refractivity contribution in [2.75, 3.05) is 28.4 Å². The van der Waals surface area contributed by atoms with Crippen molar-refractivity contribution < 1.29 is 64.3 Å². The van der Waals surface area contributed by atoms with Crippen LogP contribution in [0, 0.1) is 92.5 Å². The van der Waals surface area contributed by atoms with Crippen molar-refractivity contribution in [1.82, 2.24) is 0 Å². The third-order valence-corrected chi connectivity index (χ3v) is 20.9. The van der Waals surface area contributed by atoms with Crippen molar-refractivity contribution in [2.24, 2.45) is 0 Å². The third kappa shape index (κ3) is 23.1. The number of nitriles is 1. The van der Waals surface area contributed by atoms with E-state index in [4.69, 9.17) is 29.3 Å². The molecule has 13 aromatic carbocycles. The summed E-state index contributed by atoms with van der Waals surface area (Å²) in [5, 5.41) is 27.0. The predicted molar refractivity (Wildman–Crippen MR) is 445 cm³/mol. The van der Waals surface area contributed by atoms with Crippen molar-refractivity contribution in [3.05, 3.63) is 358 Å². The Hall–Kier alpha value is -12.1. The van der Waals surface area contributed by atoms with Crippen LogP contribution in [-0.2, 0) is 9.47 Å². The lowest BCUT2D eigenvalue weighted by atomic mass is 9.82. The minimum absolute atomic E-state index is 0.0697. The van der Waals surface area contributed by atoms with Crippen molar-refractivity contribution in [3.8, 4) is 107 Å². The first-order chi connectivity index (χ1) is 55.4. The second-order valence-corrected chi connectivity index (χ2v) is 28.7. The number of aromatic hydroxyl groups is 2. The lowest BCUT2D eigenvalue weighted by Crippen LogP contribution is -2.19. The van der Waals surface area contributed by atoms with Gasteiger partial charge in [-0.15, -0.1) is 0 Å². The van der Waals surface area contributed by atoms with Crippen LogP contribution in [0.5, 0.6) is 23.0 Å². The maximum atomic E-state index is 14.1. The van der Waals surface area contributed by atoms with Gasteiger partial charge in [0, 0.05) is 43.0 Å². The highest BCUT2D eigenvalue weighted by molar-refractivity contribution is 5.73. The van der Waals surface area contributed by atoms with E-state index in [1.54, 1.807) is 88.9 Å². The number of aryl methyl sites for hydroxylation is 4. The van der Waals surface area contributed by atoms with E-state index in [1.807, 2.05) is 123 Å². The highest BCUT2D eigenvalue weighted by atomic mass is 19.2. The summed E-state index contributed by atoms with van der Waals surface area (Å²) in [6.45, 7) is 8.95. The summed E-state index contributed by atoms with van der Waals surface area (Å²) >= 11 is 0. The van der Waals surface area contributed by atoms with Crippen molar-refractivity contribution >= 4 is 0 Å². The fraction of sp³-hybridized carbons (Fsp3) is 0.210. The number of benzene rings is 13. The van der Waals surface area contributed by atoms with E-state index < -0.39 is 52.3 Å². The molecule has 0 radical (unpaired) electrons. The molecule has 115 heavy (non-hydrogen) atoms. The summed E-state index contributed by atoms with van der Waals surface area (Å²) in [4.78, 5) is 0. The molecule has 0 unspecified atom stereocenters. The van der Waals surface area contributed by atoms with Crippen LogP contribution in [0.1, 0.15) is 108 Å². The van der Waals surface area contributed by atoms with Crippen LogP contribution in [0.15, 0.2) is 267 Å². The van der Waals surface area contributed by atoms with Crippen LogP contribution in [0.2, 0.25) is 0 Å². The molecule has 0 spiro atoms. The highest BCUT2D eigenvalue weighted by Crippen LogP contribution is 2.39. The highest BCUT2D eigenvalue weighted by Gasteiger charge is 2.25. The van der Waals surface area contributed by atoms with E-state index in [9.17, 15) is 40.2 Å². The fourth-order valence-corrected chi connectivity index (χ4v) is 13.8. The lowest BCUT2D eigenvalue weighted by molar-refractivity contribution is 0.0658. The Morgan fingerprint density at radius 2 is 0.652 bits per heavy atom. The zero-order valence-electron chi connectivity index (χ0n) is 65.9. The van der Waals surface area contributed by atoms with Crippen LogP contribution in [0.25, 0.3) is 77.9 Å². The molecule has 2 N–H and O–H groups in total. The van der Waals surface area contributed by atoms with Gasteiger partial charge in [-0.25, -0.2) is 30.7 Å². The van der Waals surface area contributed by atoms with Gasteiger partial charge in [0.15, 0.2) is 23.2 Å². The zero-order valence-corrected chi connectivity index (χ0v) is 65.9. The van der Waals surface area contributed by atoms with Gasteiger partial charge in [0.2, 0.25) is 5.82 Å². The summed E-state index contributed by atoms with van der Waals surface area (Å²) in [7, 11) is 6.51. The molecule has 2 aliphatic rings. The molecule has 0 bridgehead atoms. The Morgan fingerprint density at radius 3 is 1.05 bits per heavy atom. The zero-order chi connectivity index (χ0) is 82.2. The average molecular weight is 1560 g/mol. The Kier molecular flexibility index (Phi) is 30.5. The molecule has 0 heterocycles. The molecule has 0 aliphatic heterocycles. The molecule has 15 heteroatoms. The maximum absolute atomic E-state index is 14.1. The van der Waals surface area contributed by atoms with Crippen molar-refractivity contribution in [2.45, 2.75) is 110 Å². The van der Waals surface area contributed by atoms with Crippen LogP contribution in [0.4, 0.5) is 35.1 Å². The Labute approximate surface area is 669 Å². The van der Waals surface area contributed by atoms with E-state index in [-0.39, 0.29) is 22.4 Å². The predicted octanol–water partition coefficient (Wildman–Crippen LogP) is 27.1. The molecule has 0 aromatic heterocycles. The van der Waals surface area contributed by atoms with Gasteiger partial charge in [-0.05, 0) is 236 Å². The van der Waals surface area contributed by atoms with E-state index in [0.29, 0.717) is 63.2 Å². The largest absolute Gasteiger partial charge is 0.508 e. The molecule has 0 atom stereocenters. The number of halogens is 8. The summed E-state index contributed by atoms with van der Waals surface area (Å²) in [5.74, 6) is -4.14. The minimum atomic E-state index is -0.953. The van der Waals surface area contributed by atoms with Gasteiger partial charge in [0.1, 0.15) is 40.5 Å². The van der Waals surface area contributed by atoms with E-state index in [0.717, 1.165) is 114 Å². The second kappa shape index (κ2) is 41.1. The number of hydrogen-bond donors (Lipinski definition) is 2. The number of phenols is 2. The van der Waals surface area contributed by atoms with Gasteiger partial charge in [0.05, 0.1) is 43.6 Å². The third-order valence-electron chi connectivity index (χ3n) is 20.9. The summed E-state index contributed by atoms with van der Waals surface area (Å²) in [5.41, 5.74) is 17.6. The SMILES string of the molecule is COC1CCC(c2ccc(-c3cc(F)c(C)c(F)c3)cc2)CC1.COC1CCC(c2ccc(-c3ccc(C)c(F)c3F)cc2)CC1.COc1ccc(-c2ccc(C#N)cc2)cc1.COc1ccc(-c2ccc(C)cc2)c(F)c1F.Cc1ccc(-c2c(F)cc(O)cc2F)cc1.Cc1ccc(-c2ccc(-c3ccc(O)cc3)cc2)cc1. The molecule has 15 rings (SSSR count). The first-order valence-corrected chi connectivity index (χ1v) is 38.1. The van der Waals surface area contributed by atoms with Crippen LogP contribution in [0.3, 0.4) is 0 Å². The van der Waals surface area contributed by atoms with Crippen molar-refractivity contribution in [1.29, 1.82) is 5.26 Å². The minimum Gasteiger partial charge on any atom is -0.508 e. The van der Waals surface area contributed by atoms with Crippen LogP contribution < -0.4 is 9.47 Å². The summed E-state index contributed by atoms with van der Waals surface area (Å²) in [6, 6.07) is 82.7. The number of methoxy groups -OCH3 is 4. The average Bonchev–Trinajstić information content (AvgIpc) is 0.897. The number of hydrogen-bond acceptors (Lipinski definition) is 7. The van der Waals surface area contributed by atoms with Crippen LogP contribution in [-0.4, -0.2) is 50.9 Å². The molecule has 13 aromatic rings. The first-order valence-electron chi connectivity index (χ1n) is 38.1. The molecule has 2 aliphatic carbocycles. The molecular formula is C100H93F8NO6. The Bertz CT molecular complexity index is 5220. The first kappa shape index (κ1) is 85.3. The van der Waals surface area contributed by atoms with E-state index in [1.165, 1.54) is 66.1 Å². The monoisotopic (exact) mass is 1560 g/mol. The van der Waals surface area contributed by atoms with Crippen LogP contribution >= 0.6 is 0 Å². The van der Waals surface area contributed by atoms with E-state index in [2.05, 4.69) is 73.7 Å². The standard InChI is InChI=1S/2C20H22F2O.C19H16O.C14H12F2O.C14H11NO.C13H10F2O/c1-13-3-12-18(20(22)19(13)21)16-6-4-14(5-7-16)15-8-10-17(23-2)11-9-15;1-13-19(21)11-17(12-20(13)22)16-5-3-14(4-6-16)15-7-9-18(23-2)10-8-15;1-14-2-4-15(5-3-14)16-6-8-17(9-7-16)18-10-12-19(20)13-11-18;1-9-3-5-10(6-4-9)11-7-8-12(17-2)14(16)13(11)15;1-16-14-8-6-13(7-9-14)12-4-2-11(10-15)3-5-12;1-8-2-4-9(5-3-8)13-11(14)6-10(16)7-12(13)15/h3-7,12,15,17H,8-11H2,1-2H3;3-6,11-12,15,18H,7-10H2,1-2H3;2-13,20H,1H3;3-8H,1-2H3;2-9H,1H3;2-7,16H,1H3. The Morgan fingerprint density at radius 1 is 0.313 bits per heavy atom. The summed E-state index contributed by atoms with van der Waals surface area (Å²) < 4.78 is 130. The topological polar surface area (TPSA) is 101 Å². The quantitative estimate of drug-likeness (QED) is 0.111. The normalized spacial score (nSPS) is 14.7. The fourth-order valence-electron chi connectivity index (χ4n) is 13.8. The second-order valence-electron chi connectivity index (χ2n) is 28.7. The Balaban J connectivity index is 0.000000147. The molecule has 590 valence electrons. The molecule has 7 nitrogen and oxygen atoms in total. The lowest BCUT2D eigenvalue weighted by Gasteiger charge is -2.28. The molecule has 2 saturated carbocycles. The van der Waals surface area contributed by atoms with Crippen molar-refractivity contribution in [3.63, 3.8) is 0 Å². The van der Waals surface area contributed by atoms with Gasteiger partial charge in [-0.1, -0.05) is 211 Å². The molecule has 2 fully saturated rings. The maximum Gasteiger partial charge on any atom is 0.201 e. The molecule has 0 saturated heterocycles. The van der Waals surface area contributed by atoms with Gasteiger partial charge < -0.3 is 29.2 Å². The van der Waals surface area contributed by atoms with Gasteiger partial charge >= 0.3 is 0 Å². The number of nitrogens with zero attached hydrogens (tertiary/aromatic N) is 1. The van der Waals surface area contributed by atoms with E-state index >= 15 is 0 Å². The number of phenolic OH excluding ortho intramolecular Hbond substituents is 2. The number of rotatable bonds is 13. The number of ether oxygens (including phenoxy) is 4. The van der Waals surface area contributed by atoms with Gasteiger partial charge in [0.25, 0.3) is 0 Å². The van der Waals surface area contributed by atoms with Gasteiger partial charge in [-0.3, -0.25) is 0 Å².